The van der Waals surface area contributed by atoms with Crippen molar-refractivity contribution in [3.8, 4) is 17.2 Å². The molecule has 2 N–H and O–H groups in total. The van der Waals surface area contributed by atoms with E-state index in [1.165, 1.54) is 13.2 Å². The van der Waals surface area contributed by atoms with Crippen LogP contribution >= 0.6 is 0 Å². The third-order valence-corrected chi connectivity index (χ3v) is 7.03. The first kappa shape index (κ1) is 17.3. The summed E-state index contributed by atoms with van der Waals surface area (Å²) in [7, 11) is -1.18. The van der Waals surface area contributed by atoms with Crippen molar-refractivity contribution in [1.29, 1.82) is 0 Å². The molecule has 146 valence electrons. The molecule has 5 rings (SSSR count). The first-order valence-electron chi connectivity index (χ1n) is 8.91. The quantitative estimate of drug-likeness (QED) is 0.569. The molecule has 1 aromatic carbocycles. The van der Waals surface area contributed by atoms with Gasteiger partial charge in [-0.05, 0) is 26.4 Å². The number of likely N-dealkylation sites (tertiary alicyclic amines) is 1. The lowest BCUT2D eigenvalue weighted by Crippen LogP contribution is -2.64. The molecule has 27 heavy (non-hydrogen) atoms. The Labute approximate surface area is 157 Å². The van der Waals surface area contributed by atoms with Crippen LogP contribution in [0.5, 0.6) is 17.2 Å². The van der Waals surface area contributed by atoms with Crippen molar-refractivity contribution in [1.82, 2.24) is 4.90 Å². The fraction of sp³-hybridized carbons (Fsp3) is 0.556. The Bertz CT molecular complexity index is 959. The standard InChI is InChI=1S/C18H21NO7S/c1-19-6-5-18-10-3-4-12(20)17(18)25-16-14(24-2)8-13(26-27(21,22)23)9(15(16)18)7-11(10)19/h3-4,8,10-12,17,20H,5-7H2,1-2H3,(H,21,22,23)/t10-,11+,12-,17-,18-/m0/s1. The SMILES string of the molecule is COc1cc(OS(=O)(=O)O)c2c3c1O[C@H]1[C@@H](O)C=C[C@H]4[C@@H](C2)N(C)CC[C@@]341. The molecule has 0 saturated carbocycles. The first-order chi connectivity index (χ1) is 12.8. The number of methoxy groups -OCH3 is 1. The summed E-state index contributed by atoms with van der Waals surface area (Å²) in [5, 5.41) is 10.6. The van der Waals surface area contributed by atoms with E-state index in [1.54, 1.807) is 6.08 Å². The Kier molecular flexibility index (Phi) is 3.44. The number of piperidine rings is 1. The smallest absolute Gasteiger partial charge is 0.446 e. The number of nitrogens with zero attached hydrogens (tertiary/aromatic N) is 1. The summed E-state index contributed by atoms with van der Waals surface area (Å²) < 4.78 is 48.7. The first-order valence-corrected chi connectivity index (χ1v) is 10.3. The molecule has 2 aliphatic heterocycles. The zero-order chi connectivity index (χ0) is 19.1. The van der Waals surface area contributed by atoms with E-state index in [0.29, 0.717) is 23.5 Å². The predicted molar refractivity (Wildman–Crippen MR) is 94.6 cm³/mol. The van der Waals surface area contributed by atoms with E-state index < -0.39 is 28.0 Å². The van der Waals surface area contributed by atoms with E-state index >= 15 is 0 Å². The third kappa shape index (κ3) is 2.16. The molecule has 0 unspecified atom stereocenters. The van der Waals surface area contributed by atoms with Crippen LogP contribution in [0.25, 0.3) is 0 Å². The summed E-state index contributed by atoms with van der Waals surface area (Å²) >= 11 is 0. The van der Waals surface area contributed by atoms with Crippen LogP contribution in [-0.4, -0.2) is 61.9 Å². The molecule has 1 aromatic rings. The van der Waals surface area contributed by atoms with Crippen LogP contribution in [0, 0.1) is 5.92 Å². The lowest BCUT2D eigenvalue weighted by atomic mass is 9.53. The molecule has 5 atom stereocenters. The average Bonchev–Trinajstić information content (AvgIpc) is 2.94. The molecular weight excluding hydrogens is 374 g/mol. The Morgan fingerprint density at radius 1 is 1.33 bits per heavy atom. The highest BCUT2D eigenvalue weighted by molar-refractivity contribution is 7.81. The molecule has 2 heterocycles. The van der Waals surface area contributed by atoms with Gasteiger partial charge in [0.05, 0.1) is 7.11 Å². The number of rotatable bonds is 3. The number of ether oxygens (including phenoxy) is 2. The van der Waals surface area contributed by atoms with Gasteiger partial charge in [-0.3, -0.25) is 4.55 Å². The molecule has 0 radical (unpaired) electrons. The highest BCUT2D eigenvalue weighted by atomic mass is 32.3. The Morgan fingerprint density at radius 3 is 2.81 bits per heavy atom. The Balaban J connectivity index is 1.82. The second-order valence-corrected chi connectivity index (χ2v) is 8.78. The maximum atomic E-state index is 11.4. The van der Waals surface area contributed by atoms with Gasteiger partial charge in [-0.1, -0.05) is 12.2 Å². The van der Waals surface area contributed by atoms with Gasteiger partial charge in [0.15, 0.2) is 17.2 Å². The van der Waals surface area contributed by atoms with Crippen molar-refractivity contribution in [2.45, 2.75) is 36.5 Å². The number of aliphatic hydroxyl groups excluding tert-OH is 1. The molecule has 1 spiro atoms. The molecular formula is C18H21NO7S. The minimum Gasteiger partial charge on any atom is -0.493 e. The van der Waals surface area contributed by atoms with E-state index in [9.17, 15) is 18.1 Å². The molecule has 4 aliphatic rings. The fourth-order valence-electron chi connectivity index (χ4n) is 5.62. The summed E-state index contributed by atoms with van der Waals surface area (Å²) in [5.41, 5.74) is 1.07. The highest BCUT2D eigenvalue weighted by Gasteiger charge is 2.64. The molecule has 1 saturated heterocycles. The van der Waals surface area contributed by atoms with E-state index in [-0.39, 0.29) is 17.7 Å². The lowest BCUT2D eigenvalue weighted by Gasteiger charge is -2.56. The maximum absolute atomic E-state index is 11.4. The molecule has 1 fully saturated rings. The topological polar surface area (TPSA) is 106 Å². The number of hydrogen-bond acceptors (Lipinski definition) is 7. The van der Waals surface area contributed by atoms with Crippen molar-refractivity contribution in [2.24, 2.45) is 5.92 Å². The van der Waals surface area contributed by atoms with Gasteiger partial charge < -0.3 is 23.7 Å². The number of benzene rings is 1. The molecule has 0 amide bonds. The maximum Gasteiger partial charge on any atom is 0.446 e. The molecule has 8 nitrogen and oxygen atoms in total. The van der Waals surface area contributed by atoms with E-state index in [2.05, 4.69) is 11.0 Å². The molecule has 0 aromatic heterocycles. The van der Waals surface area contributed by atoms with Gasteiger partial charge in [0.1, 0.15) is 12.2 Å². The van der Waals surface area contributed by atoms with Crippen molar-refractivity contribution >= 4 is 10.4 Å². The van der Waals surface area contributed by atoms with Crippen LogP contribution in [0.15, 0.2) is 18.2 Å². The predicted octanol–water partition coefficient (Wildman–Crippen LogP) is 0.683. The van der Waals surface area contributed by atoms with Gasteiger partial charge in [0, 0.05) is 34.6 Å². The summed E-state index contributed by atoms with van der Waals surface area (Å²) in [6, 6.07) is 1.55. The van der Waals surface area contributed by atoms with Gasteiger partial charge >= 0.3 is 10.4 Å². The van der Waals surface area contributed by atoms with Crippen LogP contribution in [0.4, 0.5) is 0 Å². The lowest BCUT2D eigenvalue weighted by molar-refractivity contribution is -0.0454. The summed E-state index contributed by atoms with van der Waals surface area (Å²) in [6.45, 7) is 0.839. The number of likely N-dealkylation sites (N-methyl/N-ethyl adjacent to an activating group) is 1. The minimum atomic E-state index is -4.69. The molecule has 2 bridgehead atoms. The van der Waals surface area contributed by atoms with Crippen molar-refractivity contribution in [3.05, 3.63) is 29.3 Å². The van der Waals surface area contributed by atoms with E-state index in [4.69, 9.17) is 13.7 Å². The second-order valence-electron chi connectivity index (χ2n) is 7.75. The van der Waals surface area contributed by atoms with E-state index in [0.717, 1.165) is 18.5 Å². The summed E-state index contributed by atoms with van der Waals surface area (Å²) in [5.74, 6) is 1.05. The van der Waals surface area contributed by atoms with Crippen molar-refractivity contribution in [3.63, 3.8) is 0 Å². The minimum absolute atomic E-state index is 0.0551. The Hall–Kier alpha value is -1.81. The zero-order valence-electron chi connectivity index (χ0n) is 15.0. The average molecular weight is 395 g/mol. The van der Waals surface area contributed by atoms with Gasteiger partial charge in [-0.2, -0.15) is 8.42 Å². The van der Waals surface area contributed by atoms with Gasteiger partial charge in [0.2, 0.25) is 0 Å². The second kappa shape index (κ2) is 5.38. The van der Waals surface area contributed by atoms with E-state index in [1.807, 2.05) is 7.05 Å². The van der Waals surface area contributed by atoms with Crippen LogP contribution < -0.4 is 13.7 Å². The normalized spacial score (nSPS) is 36.1. The van der Waals surface area contributed by atoms with Crippen LogP contribution in [0.3, 0.4) is 0 Å². The summed E-state index contributed by atoms with van der Waals surface area (Å²) in [4.78, 5) is 2.25. The van der Waals surface area contributed by atoms with Crippen molar-refractivity contribution in [2.75, 3.05) is 20.7 Å². The van der Waals surface area contributed by atoms with Crippen LogP contribution in [0.2, 0.25) is 0 Å². The molecule has 2 aliphatic carbocycles. The summed E-state index contributed by atoms with van der Waals surface area (Å²) in [6.07, 6.45) is 3.93. The van der Waals surface area contributed by atoms with Gasteiger partial charge in [-0.25, -0.2) is 0 Å². The van der Waals surface area contributed by atoms with Gasteiger partial charge in [0.25, 0.3) is 0 Å². The largest absolute Gasteiger partial charge is 0.493 e. The van der Waals surface area contributed by atoms with Gasteiger partial charge in [-0.15, -0.1) is 0 Å². The van der Waals surface area contributed by atoms with Crippen LogP contribution in [0.1, 0.15) is 17.5 Å². The molecule has 9 heteroatoms. The highest BCUT2D eigenvalue weighted by Crippen LogP contribution is 2.64. The zero-order valence-corrected chi connectivity index (χ0v) is 15.8. The Morgan fingerprint density at radius 2 is 2.11 bits per heavy atom. The number of aliphatic hydroxyl groups is 1. The number of hydrogen-bond donors (Lipinski definition) is 2. The van der Waals surface area contributed by atoms with Crippen molar-refractivity contribution < 1.29 is 31.7 Å². The monoisotopic (exact) mass is 395 g/mol. The fourth-order valence-corrected chi connectivity index (χ4v) is 5.99. The third-order valence-electron chi connectivity index (χ3n) is 6.64. The van der Waals surface area contributed by atoms with Crippen LogP contribution in [-0.2, 0) is 22.2 Å².